The molecule has 0 aromatic heterocycles. The third kappa shape index (κ3) is 13.9. The number of ether oxygens (including phenoxy) is 2. The Morgan fingerprint density at radius 3 is 1.37 bits per heavy atom. The maximum Gasteiger partial charge on any atom is 3.00 e. The Morgan fingerprint density at radius 2 is 0.959 bits per heavy atom. The van der Waals surface area contributed by atoms with Crippen LogP contribution in [-0.2, 0) is 28.7 Å². The number of carbonyl (C=O) groups excluding carboxylic acids is 5. The van der Waals surface area contributed by atoms with Gasteiger partial charge in [-0.25, -0.2) is 0 Å². The van der Waals surface area contributed by atoms with Gasteiger partial charge in [-0.3, -0.25) is 19.4 Å². The summed E-state index contributed by atoms with van der Waals surface area (Å²) in [4.78, 5) is 61.9. The van der Waals surface area contributed by atoms with E-state index in [2.05, 4.69) is 10.6 Å². The van der Waals surface area contributed by atoms with E-state index in [9.17, 15) is 69.9 Å². The number of rotatable bonds is 18. The van der Waals surface area contributed by atoms with Gasteiger partial charge in [0, 0.05) is 39.3 Å². The van der Waals surface area contributed by atoms with Crippen LogP contribution in [-0.4, -0.2) is 212 Å². The number of nitrogens with one attached hydrogen (secondary N) is 2. The predicted molar refractivity (Wildman–Crippen MR) is 144 cm³/mol. The van der Waals surface area contributed by atoms with Gasteiger partial charge >= 0.3 is 39.9 Å². The van der Waals surface area contributed by atoms with Gasteiger partial charge < -0.3 is 95.6 Å². The van der Waals surface area contributed by atoms with Crippen LogP contribution in [0.2, 0.25) is 0 Å². The third-order valence-electron chi connectivity index (χ3n) is 7.54. The first-order valence-electron chi connectivity index (χ1n) is 14.5. The number of aliphatic carboxylic acids is 2. The molecular weight excluding hydrogens is 816 g/mol. The van der Waals surface area contributed by atoms with Crippen LogP contribution in [0.4, 0.5) is 4.79 Å². The van der Waals surface area contributed by atoms with E-state index in [0.29, 0.717) is 4.90 Å². The molecule has 2 heterocycles. The third-order valence-corrected chi connectivity index (χ3v) is 7.54. The molecule has 10 N–H and O–H groups in total. The quantitative estimate of drug-likeness (QED) is 0.0612. The number of carboxylic acid groups (broad SMARTS) is 3. The van der Waals surface area contributed by atoms with E-state index >= 15 is 0 Å². The van der Waals surface area contributed by atoms with Gasteiger partial charge in [0.2, 0.25) is 11.8 Å². The minimum Gasteiger partial charge on any atom is -0.549 e. The first-order valence-corrected chi connectivity index (χ1v) is 14.5. The van der Waals surface area contributed by atoms with Crippen LogP contribution in [0.5, 0.6) is 0 Å². The predicted octanol–water partition coefficient (Wildman–Crippen LogP) is -12.4. The van der Waals surface area contributed by atoms with Crippen molar-refractivity contribution in [1.29, 1.82) is 0 Å². The van der Waals surface area contributed by atoms with Gasteiger partial charge in [0.15, 0.2) is 12.6 Å². The van der Waals surface area contributed by atoms with Crippen molar-refractivity contribution in [3.8, 4) is 0 Å². The second kappa shape index (κ2) is 21.4. The monoisotopic (exact) mass is 856 g/mol. The molecule has 2 aliphatic rings. The second-order valence-corrected chi connectivity index (χ2v) is 11.1. The fraction of sp³-hybridized carbons (Fsp3) is 0.800. The van der Waals surface area contributed by atoms with Crippen LogP contribution in [0.3, 0.4) is 0 Å². The van der Waals surface area contributed by atoms with Crippen molar-refractivity contribution in [2.75, 3.05) is 65.6 Å². The SMILES string of the molecule is O=C([O-])CN(CCN(CC(=O)[O-])CC(=O)NC1C(O)O[C@@H](CO)[C@@H](O)[C@@H]1O)CCN(CC(=O)NC1C(O)O[C@H](CO)[C@H](O)[C@H]1O)C(=O)[O-].[Gd+3]. The molecule has 0 aromatic carbocycles. The zero-order valence-corrected chi connectivity index (χ0v) is 28.0. The molecule has 0 bridgehead atoms. The molecule has 2 aliphatic heterocycles. The molecule has 4 unspecified atom stereocenters. The Morgan fingerprint density at radius 1 is 0.571 bits per heavy atom. The molecule has 0 saturated carbocycles. The average Bonchev–Trinajstić information content (AvgIpc) is 3.00. The Labute approximate surface area is 310 Å². The van der Waals surface area contributed by atoms with Crippen molar-refractivity contribution in [2.24, 2.45) is 0 Å². The maximum atomic E-state index is 12.6. The zero-order valence-electron chi connectivity index (χ0n) is 25.7. The topological polar surface area (TPSA) is 369 Å². The number of hydrogen-bond donors (Lipinski definition) is 10. The van der Waals surface area contributed by atoms with Crippen LogP contribution in [0.15, 0.2) is 0 Å². The molecule has 49 heavy (non-hydrogen) atoms. The van der Waals surface area contributed by atoms with Crippen LogP contribution in [0, 0.1) is 39.9 Å². The van der Waals surface area contributed by atoms with E-state index in [1.54, 1.807) is 0 Å². The summed E-state index contributed by atoms with van der Waals surface area (Å²) < 4.78 is 9.85. The van der Waals surface area contributed by atoms with E-state index < -0.39 is 144 Å². The molecule has 23 nitrogen and oxygen atoms in total. The smallest absolute Gasteiger partial charge is 0.549 e. The first-order chi connectivity index (χ1) is 22.5. The molecule has 24 heteroatoms. The minimum atomic E-state index is -1.89. The van der Waals surface area contributed by atoms with Crippen LogP contribution < -0.4 is 26.0 Å². The van der Waals surface area contributed by atoms with E-state index in [1.165, 1.54) is 0 Å². The van der Waals surface area contributed by atoms with Crippen molar-refractivity contribution in [2.45, 2.75) is 61.3 Å². The van der Waals surface area contributed by atoms with Crippen LogP contribution >= 0.6 is 0 Å². The van der Waals surface area contributed by atoms with E-state index in [-0.39, 0.29) is 53.0 Å². The summed E-state index contributed by atoms with van der Waals surface area (Å²) in [5.74, 6) is -5.35. The largest absolute Gasteiger partial charge is 3.00 e. The zero-order chi connectivity index (χ0) is 36.3. The van der Waals surface area contributed by atoms with E-state index in [0.717, 1.165) is 9.80 Å². The van der Waals surface area contributed by atoms with Crippen molar-refractivity contribution in [3.63, 3.8) is 0 Å². The molecule has 281 valence electrons. The Balaban J connectivity index is 0.0000120. The van der Waals surface area contributed by atoms with Crippen molar-refractivity contribution >= 4 is 29.8 Å². The fourth-order valence-corrected chi connectivity index (χ4v) is 4.97. The van der Waals surface area contributed by atoms with Gasteiger partial charge in [0.25, 0.3) is 0 Å². The molecule has 10 atom stereocenters. The molecule has 2 fully saturated rings. The molecule has 2 saturated heterocycles. The standard InChI is InChI=1S/C25H43N5O18.Gd/c31-9-11-19(39)21(41)17(23(43)47-11)26-13(33)5-29(8-16(37)38)2-1-28(7-15(35)36)3-4-30(25(45)46)6-14(34)27-18-22(42)20(40)12(10-32)48-24(18)44;/h11-12,17-24,31-32,39-44H,1-10H2,(H,26,33)(H,27,34)(H,35,36)(H,37,38)(H,45,46);/q;+3/p-3/t11-,12+,17?,18?,19+,20-,21+,22-,23?,24?;/m0./s1. The number of hydrogen-bond acceptors (Lipinski definition) is 20. The Bertz CT molecular complexity index is 1110. The van der Waals surface area contributed by atoms with Crippen molar-refractivity contribution in [3.05, 3.63) is 0 Å². The van der Waals surface area contributed by atoms with Crippen LogP contribution in [0.25, 0.3) is 0 Å². The maximum absolute atomic E-state index is 12.6. The van der Waals surface area contributed by atoms with Gasteiger partial charge in [-0.05, 0) is 0 Å². The second-order valence-electron chi connectivity index (χ2n) is 11.1. The number of nitrogens with zero attached hydrogens (tertiary/aromatic N) is 3. The minimum absolute atomic E-state index is 0. The number of aliphatic hydroxyl groups excluding tert-OH is 8. The summed E-state index contributed by atoms with van der Waals surface area (Å²) in [7, 11) is 0. The number of aliphatic hydroxyl groups is 8. The molecule has 1 radical (unpaired) electrons. The van der Waals surface area contributed by atoms with E-state index in [4.69, 9.17) is 19.7 Å². The Kier molecular flexibility index (Phi) is 19.6. The summed E-state index contributed by atoms with van der Waals surface area (Å²) in [6.45, 7) is -6.53. The molecular formula is C25H40GdN5O18. The van der Waals surface area contributed by atoms with Gasteiger partial charge in [0.1, 0.15) is 54.8 Å². The fourth-order valence-electron chi connectivity index (χ4n) is 4.97. The number of amides is 3. The van der Waals surface area contributed by atoms with Crippen molar-refractivity contribution < 1.29 is 130 Å². The van der Waals surface area contributed by atoms with Gasteiger partial charge in [-0.1, -0.05) is 0 Å². The summed E-state index contributed by atoms with van der Waals surface area (Å²) in [5, 5.41) is 117. The summed E-state index contributed by atoms with van der Waals surface area (Å²) in [5.41, 5.74) is 0. The van der Waals surface area contributed by atoms with Gasteiger partial charge in [0.05, 0.1) is 38.2 Å². The first kappa shape index (κ1) is 45.0. The normalized spacial score (nSPS) is 29.9. The molecule has 0 aliphatic carbocycles. The molecule has 3 amide bonds. The average molecular weight is 856 g/mol. The molecule has 2 rings (SSSR count). The summed E-state index contributed by atoms with van der Waals surface area (Å²) in [6, 6.07) is -3.21. The number of carboxylic acids is 2. The summed E-state index contributed by atoms with van der Waals surface area (Å²) in [6.07, 6.45) is -15.4. The summed E-state index contributed by atoms with van der Waals surface area (Å²) >= 11 is 0. The Hall–Kier alpha value is -2.01. The number of carbonyl (C=O) groups is 5. The van der Waals surface area contributed by atoms with Crippen LogP contribution in [0.1, 0.15) is 0 Å². The van der Waals surface area contributed by atoms with Gasteiger partial charge in [-0.15, -0.1) is 0 Å². The molecule has 0 aromatic rings. The molecule has 0 spiro atoms. The van der Waals surface area contributed by atoms with Crippen molar-refractivity contribution in [1.82, 2.24) is 25.3 Å². The van der Waals surface area contributed by atoms with E-state index in [1.807, 2.05) is 0 Å². The van der Waals surface area contributed by atoms with Gasteiger partial charge in [-0.2, -0.15) is 0 Å².